The standard InChI is InChI=1S/C29H31BrN2O3/c1-3-34-25-16-19(17-31-32-28(33)26-23-13-6-7-14-29(23,26)2)15-24(30)27(25)35-18-21-11-8-10-20-9-4-5-12-22(20)21/h4-5,8-12,15-17,23,26H,3,6-7,13-14,18H2,1-2H3,(H,32,33)/b31-17-/t23-,26-,29+/m0/s1. The van der Waals surface area contributed by atoms with Crippen LogP contribution in [-0.2, 0) is 11.4 Å². The summed E-state index contributed by atoms with van der Waals surface area (Å²) in [6, 6.07) is 18.3. The number of rotatable bonds is 8. The van der Waals surface area contributed by atoms with Crippen LogP contribution in [0.4, 0.5) is 0 Å². The second kappa shape index (κ2) is 10.0. The Hall–Kier alpha value is -2.86. The minimum Gasteiger partial charge on any atom is -0.490 e. The number of ether oxygens (including phenoxy) is 2. The average molecular weight is 535 g/mol. The Morgan fingerprint density at radius 2 is 2.00 bits per heavy atom. The van der Waals surface area contributed by atoms with Crippen molar-refractivity contribution in [1.82, 2.24) is 5.43 Å². The van der Waals surface area contributed by atoms with E-state index in [-0.39, 0.29) is 17.2 Å². The predicted octanol–water partition coefficient (Wildman–Crippen LogP) is 6.86. The molecule has 5 nitrogen and oxygen atoms in total. The van der Waals surface area contributed by atoms with E-state index in [1.54, 1.807) is 6.21 Å². The topological polar surface area (TPSA) is 59.9 Å². The zero-order valence-corrected chi connectivity index (χ0v) is 21.8. The lowest BCUT2D eigenvalue weighted by Crippen LogP contribution is -2.22. The van der Waals surface area contributed by atoms with Crippen LogP contribution in [0, 0.1) is 17.3 Å². The summed E-state index contributed by atoms with van der Waals surface area (Å²) in [6.07, 6.45) is 6.42. The van der Waals surface area contributed by atoms with Gasteiger partial charge in [0.2, 0.25) is 5.91 Å². The zero-order valence-electron chi connectivity index (χ0n) is 20.2. The first-order chi connectivity index (χ1) is 17.0. The molecule has 3 atom stereocenters. The lowest BCUT2D eigenvalue weighted by molar-refractivity contribution is -0.123. The van der Waals surface area contributed by atoms with Crippen LogP contribution < -0.4 is 14.9 Å². The maximum Gasteiger partial charge on any atom is 0.244 e. The van der Waals surface area contributed by atoms with E-state index in [2.05, 4.69) is 57.6 Å². The van der Waals surface area contributed by atoms with E-state index >= 15 is 0 Å². The smallest absolute Gasteiger partial charge is 0.244 e. The van der Waals surface area contributed by atoms with Crippen LogP contribution in [0.3, 0.4) is 0 Å². The summed E-state index contributed by atoms with van der Waals surface area (Å²) in [5.41, 5.74) is 4.87. The van der Waals surface area contributed by atoms with Crippen LogP contribution in [-0.4, -0.2) is 18.7 Å². The van der Waals surface area contributed by atoms with Crippen LogP contribution in [0.25, 0.3) is 10.8 Å². The summed E-state index contributed by atoms with van der Waals surface area (Å²) in [5, 5.41) is 6.61. The van der Waals surface area contributed by atoms with Crippen molar-refractivity contribution in [3.05, 3.63) is 70.2 Å². The molecule has 182 valence electrons. The average Bonchev–Trinajstić information content (AvgIpc) is 3.49. The second-order valence-electron chi connectivity index (χ2n) is 9.76. The van der Waals surface area contributed by atoms with Gasteiger partial charge in [-0.3, -0.25) is 4.79 Å². The molecule has 2 saturated carbocycles. The molecule has 0 aliphatic heterocycles. The predicted molar refractivity (Wildman–Crippen MR) is 143 cm³/mol. The van der Waals surface area contributed by atoms with Crippen molar-refractivity contribution in [1.29, 1.82) is 0 Å². The summed E-state index contributed by atoms with van der Waals surface area (Å²) < 4.78 is 12.9. The number of fused-ring (bicyclic) bond motifs is 2. The molecule has 0 unspecified atom stereocenters. The number of nitrogens with zero attached hydrogens (tertiary/aromatic N) is 1. The molecule has 2 aliphatic rings. The van der Waals surface area contributed by atoms with Crippen molar-refractivity contribution in [3.63, 3.8) is 0 Å². The number of halogens is 1. The molecule has 1 amide bonds. The first-order valence-electron chi connectivity index (χ1n) is 12.4. The Kier molecular flexibility index (Phi) is 6.83. The minimum absolute atomic E-state index is 0.0368. The highest BCUT2D eigenvalue weighted by molar-refractivity contribution is 9.10. The Labute approximate surface area is 215 Å². The SMILES string of the molecule is CCOc1cc(/C=N\NC(=O)[C@@H]2[C@@H]3CCCC[C@@]23C)cc(Br)c1OCc1cccc2ccccc12. The van der Waals surface area contributed by atoms with Crippen LogP contribution in [0.2, 0.25) is 0 Å². The monoisotopic (exact) mass is 534 g/mol. The third-order valence-electron chi connectivity index (χ3n) is 7.59. The zero-order chi connectivity index (χ0) is 24.4. The van der Waals surface area contributed by atoms with E-state index < -0.39 is 0 Å². The quantitative estimate of drug-likeness (QED) is 0.253. The lowest BCUT2D eigenvalue weighted by atomic mass is 9.90. The van der Waals surface area contributed by atoms with E-state index in [0.717, 1.165) is 28.4 Å². The van der Waals surface area contributed by atoms with Gasteiger partial charge in [0.1, 0.15) is 6.61 Å². The van der Waals surface area contributed by atoms with Gasteiger partial charge in [-0.25, -0.2) is 5.43 Å². The first kappa shape index (κ1) is 23.9. The number of hydrazone groups is 1. The Morgan fingerprint density at radius 1 is 1.17 bits per heavy atom. The van der Waals surface area contributed by atoms with E-state index in [1.165, 1.54) is 23.6 Å². The van der Waals surface area contributed by atoms with Gasteiger partial charge in [-0.05, 0) is 81.1 Å². The Balaban J connectivity index is 1.28. The first-order valence-corrected chi connectivity index (χ1v) is 13.2. The molecule has 35 heavy (non-hydrogen) atoms. The van der Waals surface area contributed by atoms with Crippen molar-refractivity contribution in [3.8, 4) is 11.5 Å². The highest BCUT2D eigenvalue weighted by Gasteiger charge is 2.64. The van der Waals surface area contributed by atoms with E-state index in [1.807, 2.05) is 37.3 Å². The van der Waals surface area contributed by atoms with Gasteiger partial charge in [0.05, 0.1) is 17.3 Å². The molecule has 0 spiro atoms. The molecule has 5 rings (SSSR count). The normalized spacial score (nSPS) is 23.2. The molecular weight excluding hydrogens is 504 g/mol. The Morgan fingerprint density at radius 3 is 2.80 bits per heavy atom. The fraction of sp³-hybridized carbons (Fsp3) is 0.379. The van der Waals surface area contributed by atoms with Crippen LogP contribution in [0.5, 0.6) is 11.5 Å². The molecule has 0 aromatic heterocycles. The number of benzene rings is 3. The summed E-state index contributed by atoms with van der Waals surface area (Å²) >= 11 is 3.64. The molecule has 3 aromatic rings. The number of amides is 1. The third-order valence-corrected chi connectivity index (χ3v) is 8.17. The second-order valence-corrected chi connectivity index (χ2v) is 10.6. The van der Waals surface area contributed by atoms with E-state index in [4.69, 9.17) is 9.47 Å². The van der Waals surface area contributed by atoms with E-state index in [0.29, 0.717) is 30.6 Å². The Bertz CT molecular complexity index is 1270. The van der Waals surface area contributed by atoms with Gasteiger partial charge in [0.25, 0.3) is 0 Å². The highest BCUT2D eigenvalue weighted by Crippen LogP contribution is 2.66. The van der Waals surface area contributed by atoms with E-state index in [9.17, 15) is 4.79 Å². The molecule has 2 fully saturated rings. The molecular formula is C29H31BrN2O3. The molecule has 3 aromatic carbocycles. The summed E-state index contributed by atoms with van der Waals surface area (Å²) in [6.45, 7) is 5.12. The summed E-state index contributed by atoms with van der Waals surface area (Å²) in [5.74, 6) is 1.93. The molecule has 0 heterocycles. The summed E-state index contributed by atoms with van der Waals surface area (Å²) in [7, 11) is 0. The van der Waals surface area contributed by atoms with Crippen molar-refractivity contribution >= 4 is 38.8 Å². The van der Waals surface area contributed by atoms with Gasteiger partial charge in [-0.2, -0.15) is 5.10 Å². The number of carbonyl (C=O) groups excluding carboxylic acids is 1. The number of nitrogens with one attached hydrogen (secondary N) is 1. The van der Waals surface area contributed by atoms with Crippen molar-refractivity contribution in [2.45, 2.75) is 46.1 Å². The molecule has 2 aliphatic carbocycles. The largest absolute Gasteiger partial charge is 0.490 e. The van der Waals surface area contributed by atoms with Crippen LogP contribution in [0.15, 0.2) is 64.2 Å². The van der Waals surface area contributed by atoms with Crippen molar-refractivity contribution in [2.75, 3.05) is 6.61 Å². The van der Waals surface area contributed by atoms with Gasteiger partial charge in [-0.1, -0.05) is 62.2 Å². The third kappa shape index (κ3) is 4.81. The lowest BCUT2D eigenvalue weighted by Gasteiger charge is -2.15. The van der Waals surface area contributed by atoms with Gasteiger partial charge >= 0.3 is 0 Å². The highest BCUT2D eigenvalue weighted by atomic mass is 79.9. The van der Waals surface area contributed by atoms with Gasteiger partial charge in [0, 0.05) is 5.92 Å². The van der Waals surface area contributed by atoms with Gasteiger partial charge < -0.3 is 9.47 Å². The van der Waals surface area contributed by atoms with Crippen molar-refractivity contribution < 1.29 is 14.3 Å². The number of hydrogen-bond acceptors (Lipinski definition) is 4. The van der Waals surface area contributed by atoms with Gasteiger partial charge in [-0.15, -0.1) is 0 Å². The maximum absolute atomic E-state index is 12.7. The van der Waals surface area contributed by atoms with Gasteiger partial charge in [0.15, 0.2) is 11.5 Å². The number of hydrogen-bond donors (Lipinski definition) is 1. The van der Waals surface area contributed by atoms with Crippen molar-refractivity contribution in [2.24, 2.45) is 22.4 Å². The molecule has 6 heteroatoms. The van der Waals surface area contributed by atoms with Crippen LogP contribution >= 0.6 is 15.9 Å². The fourth-order valence-corrected chi connectivity index (χ4v) is 6.30. The molecule has 0 bridgehead atoms. The molecule has 0 radical (unpaired) electrons. The van der Waals surface area contributed by atoms with Crippen LogP contribution in [0.1, 0.15) is 50.7 Å². The summed E-state index contributed by atoms with van der Waals surface area (Å²) in [4.78, 5) is 12.7. The molecule has 1 N–H and O–H groups in total. The fourth-order valence-electron chi connectivity index (χ4n) is 5.72. The minimum atomic E-state index is 0.0368. The number of carbonyl (C=O) groups is 1. The maximum atomic E-state index is 12.7. The molecule has 0 saturated heterocycles.